The second kappa shape index (κ2) is 5.84. The van der Waals surface area contributed by atoms with Crippen LogP contribution in [0.25, 0.3) is 0 Å². The molecule has 1 aliphatic rings. The molecular formula is C19H25NO3. The van der Waals surface area contributed by atoms with E-state index in [1.807, 2.05) is 30.1 Å². The van der Waals surface area contributed by atoms with Crippen LogP contribution in [0.3, 0.4) is 0 Å². The molecule has 0 aliphatic carbocycles. The molecule has 0 radical (unpaired) electrons. The smallest absolute Gasteiger partial charge is 0.311 e. The number of likely N-dealkylation sites (N-methyl/N-ethyl adjacent to an activating group) is 1. The van der Waals surface area contributed by atoms with Crippen molar-refractivity contribution in [3.63, 3.8) is 0 Å². The van der Waals surface area contributed by atoms with E-state index in [4.69, 9.17) is 4.74 Å². The lowest BCUT2D eigenvalue weighted by atomic mass is 9.83. The summed E-state index contributed by atoms with van der Waals surface area (Å²) in [6.07, 6.45) is 1.59. The van der Waals surface area contributed by atoms with Crippen LogP contribution in [-0.4, -0.2) is 25.4 Å². The van der Waals surface area contributed by atoms with Gasteiger partial charge in [-0.15, -0.1) is 0 Å². The summed E-state index contributed by atoms with van der Waals surface area (Å²) in [6, 6.07) is 8.12. The number of hydrogen-bond donors (Lipinski definition) is 0. The van der Waals surface area contributed by atoms with Crippen molar-refractivity contribution in [2.75, 3.05) is 18.6 Å². The van der Waals surface area contributed by atoms with Crippen molar-refractivity contribution < 1.29 is 14.3 Å². The Bertz CT molecular complexity index is 665. The van der Waals surface area contributed by atoms with Crippen LogP contribution in [0.4, 0.5) is 5.69 Å². The molecule has 1 aliphatic heterocycles. The molecule has 2 rings (SSSR count). The van der Waals surface area contributed by atoms with Crippen LogP contribution >= 0.6 is 0 Å². The van der Waals surface area contributed by atoms with Crippen LogP contribution in [0.2, 0.25) is 0 Å². The van der Waals surface area contributed by atoms with Crippen molar-refractivity contribution in [2.24, 2.45) is 5.41 Å². The molecule has 0 fully saturated rings. The van der Waals surface area contributed by atoms with Crippen molar-refractivity contribution in [3.8, 4) is 0 Å². The van der Waals surface area contributed by atoms with Crippen LogP contribution in [0.15, 0.2) is 36.0 Å². The second-order valence-electron chi connectivity index (χ2n) is 7.52. The number of nitrogens with zero attached hydrogens (tertiary/aromatic N) is 1. The van der Waals surface area contributed by atoms with Gasteiger partial charge in [0.05, 0.1) is 5.41 Å². The molecule has 0 saturated heterocycles. The van der Waals surface area contributed by atoms with Crippen LogP contribution in [-0.2, 0) is 19.7 Å². The van der Waals surface area contributed by atoms with E-state index in [1.54, 1.807) is 26.8 Å². The third-order valence-corrected chi connectivity index (χ3v) is 4.20. The Morgan fingerprint density at radius 3 is 2.39 bits per heavy atom. The van der Waals surface area contributed by atoms with Gasteiger partial charge in [-0.1, -0.05) is 32.0 Å². The Balaban J connectivity index is 2.17. The van der Waals surface area contributed by atoms with Gasteiger partial charge in [0.15, 0.2) is 12.4 Å². The zero-order valence-electron chi connectivity index (χ0n) is 14.8. The van der Waals surface area contributed by atoms with E-state index in [1.165, 1.54) is 5.56 Å². The third-order valence-electron chi connectivity index (χ3n) is 4.20. The predicted octanol–water partition coefficient (Wildman–Crippen LogP) is 3.46. The summed E-state index contributed by atoms with van der Waals surface area (Å²) >= 11 is 0. The van der Waals surface area contributed by atoms with Crippen LogP contribution in [0.5, 0.6) is 0 Å². The first-order valence-corrected chi connectivity index (χ1v) is 7.80. The SMILES string of the molecule is CN1C(=CC(=O)COC(=O)C(C)(C)C)C(C)(C)c2ccccc21. The maximum Gasteiger partial charge on any atom is 0.311 e. The highest BCUT2D eigenvalue weighted by molar-refractivity contribution is 5.94. The van der Waals surface area contributed by atoms with E-state index >= 15 is 0 Å². The zero-order valence-corrected chi connectivity index (χ0v) is 14.8. The van der Waals surface area contributed by atoms with Gasteiger partial charge in [-0.3, -0.25) is 9.59 Å². The van der Waals surface area contributed by atoms with E-state index in [0.717, 1.165) is 11.4 Å². The van der Waals surface area contributed by atoms with Gasteiger partial charge in [0.25, 0.3) is 0 Å². The maximum absolute atomic E-state index is 12.2. The molecule has 0 amide bonds. The molecule has 0 bridgehead atoms. The van der Waals surface area contributed by atoms with Gasteiger partial charge < -0.3 is 9.64 Å². The van der Waals surface area contributed by atoms with E-state index in [9.17, 15) is 9.59 Å². The van der Waals surface area contributed by atoms with Crippen molar-refractivity contribution >= 4 is 17.4 Å². The van der Waals surface area contributed by atoms with Gasteiger partial charge in [0, 0.05) is 29.9 Å². The first kappa shape index (κ1) is 17.3. The maximum atomic E-state index is 12.2. The topological polar surface area (TPSA) is 46.6 Å². The van der Waals surface area contributed by atoms with Crippen molar-refractivity contribution in [1.82, 2.24) is 0 Å². The number of para-hydroxylation sites is 1. The minimum Gasteiger partial charge on any atom is -0.457 e. The molecule has 124 valence electrons. The number of rotatable bonds is 3. The summed E-state index contributed by atoms with van der Waals surface area (Å²) < 4.78 is 5.11. The Morgan fingerprint density at radius 1 is 1.22 bits per heavy atom. The lowest BCUT2D eigenvalue weighted by Gasteiger charge is -2.24. The lowest BCUT2D eigenvalue weighted by Crippen LogP contribution is -2.27. The van der Waals surface area contributed by atoms with Gasteiger partial charge in [-0.2, -0.15) is 0 Å². The van der Waals surface area contributed by atoms with Crippen LogP contribution < -0.4 is 4.90 Å². The van der Waals surface area contributed by atoms with E-state index in [0.29, 0.717) is 0 Å². The molecule has 0 spiro atoms. The molecular weight excluding hydrogens is 290 g/mol. The number of anilines is 1. The Hall–Kier alpha value is -2.10. The summed E-state index contributed by atoms with van der Waals surface area (Å²) in [5.74, 6) is -0.572. The van der Waals surface area contributed by atoms with E-state index in [-0.39, 0.29) is 23.8 Å². The number of carbonyl (C=O) groups is 2. The lowest BCUT2D eigenvalue weighted by molar-refractivity contribution is -0.155. The summed E-state index contributed by atoms with van der Waals surface area (Å²) in [4.78, 5) is 26.0. The average molecular weight is 315 g/mol. The number of fused-ring (bicyclic) bond motifs is 1. The van der Waals surface area contributed by atoms with Crippen molar-refractivity contribution in [1.29, 1.82) is 0 Å². The van der Waals surface area contributed by atoms with Crippen LogP contribution in [0.1, 0.15) is 40.2 Å². The second-order valence-corrected chi connectivity index (χ2v) is 7.52. The Kier molecular flexibility index (Phi) is 4.38. The molecule has 0 N–H and O–H groups in total. The Labute approximate surface area is 138 Å². The number of hydrogen-bond acceptors (Lipinski definition) is 4. The monoisotopic (exact) mass is 315 g/mol. The van der Waals surface area contributed by atoms with E-state index in [2.05, 4.69) is 19.9 Å². The molecule has 1 aromatic carbocycles. The zero-order chi connectivity index (χ0) is 17.4. The molecule has 0 saturated carbocycles. The highest BCUT2D eigenvalue weighted by atomic mass is 16.5. The number of esters is 1. The molecule has 4 nitrogen and oxygen atoms in total. The molecule has 1 aromatic rings. The predicted molar refractivity (Wildman–Crippen MR) is 91.4 cm³/mol. The molecule has 0 unspecified atom stereocenters. The number of allylic oxidation sites excluding steroid dienone is 1. The molecule has 4 heteroatoms. The van der Waals surface area contributed by atoms with Crippen LogP contribution in [0, 0.1) is 5.41 Å². The Morgan fingerprint density at radius 2 is 1.83 bits per heavy atom. The van der Waals surface area contributed by atoms with Gasteiger partial charge in [0.1, 0.15) is 0 Å². The summed E-state index contributed by atoms with van der Waals surface area (Å²) in [5.41, 5.74) is 2.34. The third kappa shape index (κ3) is 3.31. The number of benzene rings is 1. The van der Waals surface area contributed by atoms with Crippen molar-refractivity contribution in [3.05, 3.63) is 41.6 Å². The minimum absolute atomic E-state index is 0.203. The highest BCUT2D eigenvalue weighted by Crippen LogP contribution is 2.46. The van der Waals surface area contributed by atoms with Gasteiger partial charge in [0.2, 0.25) is 0 Å². The fourth-order valence-electron chi connectivity index (χ4n) is 2.81. The molecule has 1 heterocycles. The fourth-order valence-corrected chi connectivity index (χ4v) is 2.81. The number of carbonyl (C=O) groups excluding carboxylic acids is 2. The van der Waals surface area contributed by atoms with Gasteiger partial charge >= 0.3 is 5.97 Å². The van der Waals surface area contributed by atoms with E-state index < -0.39 is 5.41 Å². The fraction of sp³-hybridized carbons (Fsp3) is 0.474. The summed E-state index contributed by atoms with van der Waals surface area (Å²) in [5, 5.41) is 0. The van der Waals surface area contributed by atoms with Crippen molar-refractivity contribution in [2.45, 2.75) is 40.0 Å². The largest absolute Gasteiger partial charge is 0.457 e. The highest BCUT2D eigenvalue weighted by Gasteiger charge is 2.38. The van der Waals surface area contributed by atoms with Gasteiger partial charge in [-0.25, -0.2) is 0 Å². The minimum atomic E-state index is -0.604. The number of ketones is 1. The quantitative estimate of drug-likeness (QED) is 0.633. The standard InChI is InChI=1S/C19H25NO3/c1-18(2,3)17(22)23-12-13(21)11-16-19(4,5)14-9-7-8-10-15(14)20(16)6/h7-11H,12H2,1-6H3. The summed E-state index contributed by atoms with van der Waals surface area (Å²) in [6.45, 7) is 9.26. The first-order valence-electron chi connectivity index (χ1n) is 7.80. The van der Waals surface area contributed by atoms with Gasteiger partial charge in [-0.05, 0) is 32.4 Å². The normalized spacial score (nSPS) is 18.0. The number of ether oxygens (including phenoxy) is 1. The molecule has 23 heavy (non-hydrogen) atoms. The average Bonchev–Trinajstić information content (AvgIpc) is 2.65. The summed E-state index contributed by atoms with van der Waals surface area (Å²) in [7, 11) is 1.95. The first-order chi connectivity index (χ1) is 10.5. The molecule has 0 atom stereocenters. The molecule has 0 aromatic heterocycles.